The largest absolute Gasteiger partial charge is 0.366 e. The number of rotatable bonds is 6. The van der Waals surface area contributed by atoms with Crippen LogP contribution in [0.4, 0.5) is 17.6 Å². The predicted octanol–water partition coefficient (Wildman–Crippen LogP) is 3.05. The van der Waals surface area contributed by atoms with Gasteiger partial charge in [-0.05, 0) is 38.7 Å². The molecule has 150 valence electrons. The van der Waals surface area contributed by atoms with Gasteiger partial charge in [0.2, 0.25) is 5.95 Å². The summed E-state index contributed by atoms with van der Waals surface area (Å²) < 4.78 is 0. The minimum atomic E-state index is 0.374. The zero-order chi connectivity index (χ0) is 19.8. The van der Waals surface area contributed by atoms with E-state index in [1.165, 1.54) is 12.8 Å². The SMILES string of the molecule is Cc1cc(Nc2nc(NC3CC4CC[C@@H](C3)N4CCC#N)c3cc[nH]c3n2)n[nH]1. The van der Waals surface area contributed by atoms with Crippen LogP contribution in [0.5, 0.6) is 0 Å². The topological polar surface area (TPSA) is 121 Å². The van der Waals surface area contributed by atoms with E-state index < -0.39 is 0 Å². The van der Waals surface area contributed by atoms with Gasteiger partial charge in [-0.1, -0.05) is 0 Å². The smallest absolute Gasteiger partial charge is 0.232 e. The van der Waals surface area contributed by atoms with Gasteiger partial charge >= 0.3 is 0 Å². The lowest BCUT2D eigenvalue weighted by Gasteiger charge is -2.39. The van der Waals surface area contributed by atoms with Crippen molar-refractivity contribution in [3.05, 3.63) is 24.0 Å². The van der Waals surface area contributed by atoms with E-state index in [9.17, 15) is 0 Å². The molecule has 5 heterocycles. The molecule has 5 rings (SSSR count). The van der Waals surface area contributed by atoms with Gasteiger partial charge in [0.15, 0.2) is 5.82 Å². The Bertz CT molecular complexity index is 1030. The van der Waals surface area contributed by atoms with Crippen LogP contribution < -0.4 is 10.6 Å². The van der Waals surface area contributed by atoms with Crippen molar-refractivity contribution in [3.63, 3.8) is 0 Å². The molecule has 0 aromatic carbocycles. The Kier molecular flexibility index (Phi) is 4.56. The van der Waals surface area contributed by atoms with Crippen molar-refractivity contribution in [3.8, 4) is 6.07 Å². The Morgan fingerprint density at radius 2 is 2.10 bits per heavy atom. The zero-order valence-corrected chi connectivity index (χ0v) is 16.4. The number of hydrogen-bond acceptors (Lipinski definition) is 7. The highest BCUT2D eigenvalue weighted by atomic mass is 15.3. The molecule has 2 aliphatic rings. The Labute approximate surface area is 168 Å². The van der Waals surface area contributed by atoms with Crippen LogP contribution in [0, 0.1) is 18.3 Å². The van der Waals surface area contributed by atoms with Crippen LogP contribution in [0.25, 0.3) is 11.0 Å². The Morgan fingerprint density at radius 3 is 2.83 bits per heavy atom. The fourth-order valence-electron chi connectivity index (χ4n) is 4.83. The number of nitriles is 1. The standard InChI is InChI=1S/C20H25N9/c1-12-9-17(28-27-12)24-20-25-18-16(5-7-22-18)19(26-20)23-13-10-14-3-4-15(11-13)29(14)8-2-6-21/h5,7,9,13-15H,2-4,8,10-11H2,1H3,(H4,22,23,24,25,26,27,28)/t13?,14-,15?/m0/s1. The second-order valence-corrected chi connectivity index (χ2v) is 8.04. The van der Waals surface area contributed by atoms with E-state index >= 15 is 0 Å². The van der Waals surface area contributed by atoms with Crippen LogP contribution >= 0.6 is 0 Å². The van der Waals surface area contributed by atoms with E-state index in [0.29, 0.717) is 36.3 Å². The maximum atomic E-state index is 8.93. The Hall–Kier alpha value is -3.12. The van der Waals surface area contributed by atoms with Gasteiger partial charge in [-0.2, -0.15) is 20.3 Å². The Balaban J connectivity index is 1.35. The highest BCUT2D eigenvalue weighted by molar-refractivity contribution is 5.88. The van der Waals surface area contributed by atoms with Crippen molar-refractivity contribution in [2.45, 2.75) is 57.2 Å². The van der Waals surface area contributed by atoms with Gasteiger partial charge in [0.1, 0.15) is 11.5 Å². The molecule has 2 unspecified atom stereocenters. The van der Waals surface area contributed by atoms with Gasteiger partial charge in [0, 0.05) is 49.0 Å². The van der Waals surface area contributed by atoms with E-state index in [2.05, 4.69) is 41.8 Å². The maximum Gasteiger partial charge on any atom is 0.232 e. The van der Waals surface area contributed by atoms with Gasteiger partial charge in [0.05, 0.1) is 11.5 Å². The van der Waals surface area contributed by atoms with E-state index in [1.807, 2.05) is 25.3 Å². The minimum absolute atomic E-state index is 0.374. The first kappa shape index (κ1) is 17.9. The number of aromatic nitrogens is 5. The fraction of sp³-hybridized carbons (Fsp3) is 0.500. The third-order valence-electron chi connectivity index (χ3n) is 6.07. The molecule has 0 aliphatic carbocycles. The second kappa shape index (κ2) is 7.37. The van der Waals surface area contributed by atoms with Gasteiger partial charge in [0.25, 0.3) is 0 Å². The second-order valence-electron chi connectivity index (χ2n) is 8.04. The number of aromatic amines is 2. The summed E-state index contributed by atoms with van der Waals surface area (Å²) in [6.07, 6.45) is 7.12. The first-order valence-electron chi connectivity index (χ1n) is 10.2. The Morgan fingerprint density at radius 1 is 1.28 bits per heavy atom. The average Bonchev–Trinajstić information content (AvgIpc) is 3.39. The average molecular weight is 391 g/mol. The molecule has 2 aliphatic heterocycles. The monoisotopic (exact) mass is 391 g/mol. The summed E-state index contributed by atoms with van der Waals surface area (Å²) in [6, 6.07) is 7.72. The van der Waals surface area contributed by atoms with Crippen LogP contribution in [0.2, 0.25) is 0 Å². The number of hydrogen-bond donors (Lipinski definition) is 4. The summed E-state index contributed by atoms with van der Waals surface area (Å²) in [7, 11) is 0. The van der Waals surface area contributed by atoms with Crippen LogP contribution in [0.1, 0.15) is 37.8 Å². The number of nitrogens with zero attached hydrogens (tertiary/aromatic N) is 5. The van der Waals surface area contributed by atoms with E-state index in [0.717, 1.165) is 41.9 Å². The number of piperidine rings is 1. The van der Waals surface area contributed by atoms with Crippen molar-refractivity contribution >= 4 is 28.6 Å². The molecule has 4 N–H and O–H groups in total. The van der Waals surface area contributed by atoms with E-state index in [1.54, 1.807) is 0 Å². The number of H-pyrrole nitrogens is 2. The molecular weight excluding hydrogens is 366 g/mol. The molecule has 2 fully saturated rings. The summed E-state index contributed by atoms with van der Waals surface area (Å²) in [5.41, 5.74) is 1.78. The van der Waals surface area contributed by atoms with Crippen molar-refractivity contribution in [1.82, 2.24) is 30.0 Å². The lowest BCUT2D eigenvalue weighted by Crippen LogP contribution is -2.47. The number of nitrogens with one attached hydrogen (secondary N) is 4. The molecule has 29 heavy (non-hydrogen) atoms. The van der Waals surface area contributed by atoms with E-state index in [4.69, 9.17) is 10.2 Å². The molecule has 3 aromatic rings. The minimum Gasteiger partial charge on any atom is -0.366 e. The first-order chi connectivity index (χ1) is 14.2. The van der Waals surface area contributed by atoms with Crippen molar-refractivity contribution in [2.24, 2.45) is 0 Å². The summed E-state index contributed by atoms with van der Waals surface area (Å²) in [6.45, 7) is 2.85. The zero-order valence-electron chi connectivity index (χ0n) is 16.4. The molecule has 0 radical (unpaired) electrons. The third-order valence-corrected chi connectivity index (χ3v) is 6.07. The molecular formula is C20H25N9. The summed E-state index contributed by atoms with van der Waals surface area (Å²) in [5, 5.41) is 23.9. The van der Waals surface area contributed by atoms with Gasteiger partial charge < -0.3 is 15.6 Å². The first-order valence-corrected chi connectivity index (χ1v) is 10.2. The highest BCUT2D eigenvalue weighted by Gasteiger charge is 2.40. The van der Waals surface area contributed by atoms with Crippen LogP contribution in [0.15, 0.2) is 18.3 Å². The molecule has 3 aromatic heterocycles. The number of anilines is 3. The highest BCUT2D eigenvalue weighted by Crippen LogP contribution is 2.37. The molecule has 2 saturated heterocycles. The molecule has 2 bridgehead atoms. The van der Waals surface area contributed by atoms with Crippen LogP contribution in [-0.2, 0) is 0 Å². The number of fused-ring (bicyclic) bond motifs is 3. The van der Waals surface area contributed by atoms with E-state index in [-0.39, 0.29) is 0 Å². The molecule has 0 spiro atoms. The van der Waals surface area contributed by atoms with Gasteiger partial charge in [-0.3, -0.25) is 10.00 Å². The molecule has 9 heteroatoms. The molecule has 9 nitrogen and oxygen atoms in total. The van der Waals surface area contributed by atoms with Gasteiger partial charge in [-0.25, -0.2) is 0 Å². The summed E-state index contributed by atoms with van der Waals surface area (Å²) in [4.78, 5) is 15.1. The lowest BCUT2D eigenvalue weighted by atomic mass is 9.97. The molecule has 3 atom stereocenters. The molecule has 0 saturated carbocycles. The van der Waals surface area contributed by atoms with Crippen molar-refractivity contribution in [1.29, 1.82) is 5.26 Å². The summed E-state index contributed by atoms with van der Waals surface area (Å²) in [5.74, 6) is 2.06. The maximum absolute atomic E-state index is 8.93. The normalized spacial score (nSPS) is 23.9. The fourth-order valence-corrected chi connectivity index (χ4v) is 4.83. The summed E-state index contributed by atoms with van der Waals surface area (Å²) >= 11 is 0. The van der Waals surface area contributed by atoms with Gasteiger partial charge in [-0.15, -0.1) is 0 Å². The van der Waals surface area contributed by atoms with Crippen molar-refractivity contribution < 1.29 is 0 Å². The van der Waals surface area contributed by atoms with Crippen molar-refractivity contribution in [2.75, 3.05) is 17.2 Å². The molecule has 0 amide bonds. The van der Waals surface area contributed by atoms with Crippen LogP contribution in [0.3, 0.4) is 0 Å². The third kappa shape index (κ3) is 3.51. The lowest BCUT2D eigenvalue weighted by molar-refractivity contribution is 0.136. The quantitative estimate of drug-likeness (QED) is 0.509. The number of aryl methyl sites for hydroxylation is 1. The predicted molar refractivity (Wildman–Crippen MR) is 111 cm³/mol. The van der Waals surface area contributed by atoms with Crippen LogP contribution in [-0.4, -0.2) is 54.7 Å².